The number of nitrogens with zero attached hydrogens (tertiary/aromatic N) is 2. The van der Waals surface area contributed by atoms with Gasteiger partial charge < -0.3 is 10.6 Å². The summed E-state index contributed by atoms with van der Waals surface area (Å²) in [6.45, 7) is 2.86. The molecular formula is C16H20N4. The molecular weight excluding hydrogens is 248 g/mol. The minimum atomic E-state index is 0.669. The van der Waals surface area contributed by atoms with Crippen LogP contribution in [-0.4, -0.2) is 16.5 Å². The lowest BCUT2D eigenvalue weighted by Gasteiger charge is -2.20. The maximum atomic E-state index is 4.47. The van der Waals surface area contributed by atoms with Gasteiger partial charge in [0.15, 0.2) is 0 Å². The van der Waals surface area contributed by atoms with Gasteiger partial charge >= 0.3 is 0 Å². The number of aromatic nitrogens is 2. The minimum absolute atomic E-state index is 0.669. The molecule has 20 heavy (non-hydrogen) atoms. The Kier molecular flexibility index (Phi) is 3.81. The summed E-state index contributed by atoms with van der Waals surface area (Å²) in [4.78, 5) is 8.67. The van der Waals surface area contributed by atoms with E-state index in [1.807, 2.05) is 13.0 Å². The summed E-state index contributed by atoms with van der Waals surface area (Å²) in [6, 6.07) is 8.41. The third-order valence-electron chi connectivity index (χ3n) is 3.65. The van der Waals surface area contributed by atoms with Crippen molar-refractivity contribution in [1.82, 2.24) is 9.97 Å². The van der Waals surface area contributed by atoms with Crippen LogP contribution in [0.25, 0.3) is 0 Å². The second kappa shape index (κ2) is 5.90. The van der Waals surface area contributed by atoms with Gasteiger partial charge in [0.25, 0.3) is 0 Å². The van der Waals surface area contributed by atoms with Gasteiger partial charge in [-0.05, 0) is 55.9 Å². The molecule has 1 aliphatic rings. The molecule has 0 saturated heterocycles. The zero-order valence-corrected chi connectivity index (χ0v) is 11.8. The molecule has 4 heteroatoms. The van der Waals surface area contributed by atoms with Crippen LogP contribution in [0.5, 0.6) is 0 Å². The molecule has 0 radical (unpaired) electrons. The van der Waals surface area contributed by atoms with Gasteiger partial charge in [-0.2, -0.15) is 4.98 Å². The van der Waals surface area contributed by atoms with Gasteiger partial charge in [-0.15, -0.1) is 0 Å². The zero-order valence-electron chi connectivity index (χ0n) is 11.8. The first-order chi connectivity index (χ1) is 9.86. The van der Waals surface area contributed by atoms with Gasteiger partial charge in [0.1, 0.15) is 5.82 Å². The van der Waals surface area contributed by atoms with Crippen molar-refractivity contribution in [3.05, 3.63) is 41.6 Å². The number of nitrogens with one attached hydrogen (secondary N) is 2. The Bertz CT molecular complexity index is 595. The monoisotopic (exact) mass is 268 g/mol. The molecule has 1 aromatic carbocycles. The van der Waals surface area contributed by atoms with Gasteiger partial charge in [0.05, 0.1) is 0 Å². The molecule has 1 aliphatic carbocycles. The van der Waals surface area contributed by atoms with Crippen molar-refractivity contribution in [1.29, 1.82) is 0 Å². The van der Waals surface area contributed by atoms with Crippen LogP contribution in [0.3, 0.4) is 0 Å². The highest BCUT2D eigenvalue weighted by Gasteiger charge is 2.13. The van der Waals surface area contributed by atoms with Crippen LogP contribution in [-0.2, 0) is 12.8 Å². The van der Waals surface area contributed by atoms with E-state index in [-0.39, 0.29) is 0 Å². The predicted octanol–water partition coefficient (Wildman–Crippen LogP) is 3.53. The molecule has 0 bridgehead atoms. The van der Waals surface area contributed by atoms with Crippen LogP contribution >= 0.6 is 0 Å². The maximum absolute atomic E-state index is 4.47. The average molecular weight is 268 g/mol. The smallest absolute Gasteiger partial charge is 0.224 e. The molecule has 1 aromatic heterocycles. The topological polar surface area (TPSA) is 49.8 Å². The van der Waals surface area contributed by atoms with Crippen molar-refractivity contribution in [2.45, 2.75) is 32.6 Å². The number of aryl methyl sites for hydroxylation is 1. The van der Waals surface area contributed by atoms with Crippen LogP contribution in [0.4, 0.5) is 17.5 Å². The first-order valence-corrected chi connectivity index (χ1v) is 7.31. The second-order valence-corrected chi connectivity index (χ2v) is 5.07. The van der Waals surface area contributed by atoms with E-state index in [2.05, 4.69) is 38.8 Å². The van der Waals surface area contributed by atoms with E-state index < -0.39 is 0 Å². The van der Waals surface area contributed by atoms with Crippen molar-refractivity contribution in [3.8, 4) is 0 Å². The highest BCUT2D eigenvalue weighted by Crippen LogP contribution is 2.29. The molecule has 0 aliphatic heterocycles. The number of hydrogen-bond donors (Lipinski definition) is 2. The van der Waals surface area contributed by atoms with Gasteiger partial charge in [-0.1, -0.05) is 12.1 Å². The van der Waals surface area contributed by atoms with E-state index in [4.69, 9.17) is 0 Å². The van der Waals surface area contributed by atoms with Crippen molar-refractivity contribution in [2.24, 2.45) is 0 Å². The maximum Gasteiger partial charge on any atom is 0.224 e. The Labute approximate surface area is 119 Å². The van der Waals surface area contributed by atoms with Crippen molar-refractivity contribution in [3.63, 3.8) is 0 Å². The molecule has 0 fully saturated rings. The van der Waals surface area contributed by atoms with Crippen LogP contribution in [0.1, 0.15) is 30.9 Å². The lowest BCUT2D eigenvalue weighted by molar-refractivity contribution is 0.687. The largest absolute Gasteiger partial charge is 0.354 e. The first kappa shape index (κ1) is 12.9. The first-order valence-electron chi connectivity index (χ1n) is 7.31. The highest BCUT2D eigenvalue weighted by molar-refractivity contribution is 5.63. The fourth-order valence-corrected chi connectivity index (χ4v) is 2.71. The molecule has 2 N–H and O–H groups in total. The summed E-state index contributed by atoms with van der Waals surface area (Å²) in [7, 11) is 0. The van der Waals surface area contributed by atoms with E-state index in [0.29, 0.717) is 5.95 Å². The zero-order chi connectivity index (χ0) is 13.8. The van der Waals surface area contributed by atoms with E-state index in [9.17, 15) is 0 Å². The quantitative estimate of drug-likeness (QED) is 0.890. The Hall–Kier alpha value is -2.10. The van der Waals surface area contributed by atoms with Gasteiger partial charge in [-0.3, -0.25) is 0 Å². The normalized spacial score (nSPS) is 13.7. The molecule has 0 amide bonds. The Morgan fingerprint density at radius 2 is 2.05 bits per heavy atom. The summed E-state index contributed by atoms with van der Waals surface area (Å²) in [6.07, 6.45) is 6.70. The molecule has 1 heterocycles. The van der Waals surface area contributed by atoms with Gasteiger partial charge in [0.2, 0.25) is 5.95 Å². The Morgan fingerprint density at radius 3 is 2.95 bits per heavy atom. The number of hydrogen-bond acceptors (Lipinski definition) is 4. The third kappa shape index (κ3) is 2.74. The summed E-state index contributed by atoms with van der Waals surface area (Å²) in [5.74, 6) is 1.51. The van der Waals surface area contributed by atoms with Crippen molar-refractivity contribution >= 4 is 17.5 Å². The average Bonchev–Trinajstić information content (AvgIpc) is 2.48. The molecule has 4 nitrogen and oxygen atoms in total. The lowest BCUT2D eigenvalue weighted by Crippen LogP contribution is -2.08. The lowest BCUT2D eigenvalue weighted by atomic mass is 9.90. The van der Waals surface area contributed by atoms with E-state index >= 15 is 0 Å². The number of fused-ring (bicyclic) bond motifs is 1. The van der Waals surface area contributed by atoms with Gasteiger partial charge in [-0.25, -0.2) is 4.98 Å². The fraction of sp³-hybridized carbons (Fsp3) is 0.375. The Balaban J connectivity index is 1.86. The minimum Gasteiger partial charge on any atom is -0.354 e. The predicted molar refractivity (Wildman–Crippen MR) is 82.6 cm³/mol. The van der Waals surface area contributed by atoms with Crippen molar-refractivity contribution in [2.75, 3.05) is 17.2 Å². The molecule has 2 aromatic rings. The van der Waals surface area contributed by atoms with Crippen LogP contribution < -0.4 is 10.6 Å². The van der Waals surface area contributed by atoms with E-state index in [1.165, 1.54) is 36.1 Å². The molecule has 0 unspecified atom stereocenters. The van der Waals surface area contributed by atoms with E-state index in [0.717, 1.165) is 18.8 Å². The van der Waals surface area contributed by atoms with Gasteiger partial charge in [0, 0.05) is 18.4 Å². The molecule has 104 valence electrons. The Morgan fingerprint density at radius 1 is 1.15 bits per heavy atom. The molecule has 3 rings (SSSR count). The summed E-state index contributed by atoms with van der Waals surface area (Å²) in [5, 5.41) is 6.57. The molecule has 0 saturated carbocycles. The second-order valence-electron chi connectivity index (χ2n) is 5.07. The molecule has 0 spiro atoms. The van der Waals surface area contributed by atoms with Crippen molar-refractivity contribution < 1.29 is 0 Å². The molecule has 0 atom stereocenters. The fourth-order valence-electron chi connectivity index (χ4n) is 2.71. The standard InChI is InChI=1S/C16H20N4/c1-2-17-16-18-11-10-15(20-16)19-14-9-5-7-12-6-3-4-8-13(12)14/h5,7,9-11H,2-4,6,8H2,1H3,(H2,17,18,19,20). The van der Waals surface area contributed by atoms with Crippen LogP contribution in [0, 0.1) is 0 Å². The SMILES string of the molecule is CCNc1nccc(Nc2cccc3c2CCCC3)n1. The number of benzene rings is 1. The van der Waals surface area contributed by atoms with Crippen LogP contribution in [0.15, 0.2) is 30.5 Å². The summed E-state index contributed by atoms with van der Waals surface area (Å²) >= 11 is 0. The third-order valence-corrected chi connectivity index (χ3v) is 3.65. The highest BCUT2D eigenvalue weighted by atomic mass is 15.1. The van der Waals surface area contributed by atoms with Crippen LogP contribution in [0.2, 0.25) is 0 Å². The summed E-state index contributed by atoms with van der Waals surface area (Å²) < 4.78 is 0. The van der Waals surface area contributed by atoms with E-state index in [1.54, 1.807) is 6.20 Å². The number of rotatable bonds is 4. The number of anilines is 3. The summed E-state index contributed by atoms with van der Waals surface area (Å²) in [5.41, 5.74) is 4.10.